The lowest BCUT2D eigenvalue weighted by molar-refractivity contribution is -0.137. The number of carbonyl (C=O) groups excluding carboxylic acids is 1. The Morgan fingerprint density at radius 1 is 1.29 bits per heavy atom. The molecule has 3 N–H and O–H groups in total. The van der Waals surface area contributed by atoms with Gasteiger partial charge in [-0.2, -0.15) is 27.1 Å². The summed E-state index contributed by atoms with van der Waals surface area (Å²) < 4.78 is 94.8. The van der Waals surface area contributed by atoms with Crippen LogP contribution in [0.4, 0.5) is 27.8 Å². The van der Waals surface area contributed by atoms with Gasteiger partial charge < -0.3 is 20.5 Å². The van der Waals surface area contributed by atoms with E-state index in [4.69, 9.17) is 11.6 Å². The van der Waals surface area contributed by atoms with Crippen LogP contribution in [0.1, 0.15) is 62.9 Å². The van der Waals surface area contributed by atoms with Crippen molar-refractivity contribution >= 4 is 33.2 Å². The number of anilines is 1. The first-order valence-electron chi connectivity index (χ1n) is 13.2. The summed E-state index contributed by atoms with van der Waals surface area (Å²) >= 11 is 6.51. The Kier molecular flexibility index (Phi) is 10.7. The van der Waals surface area contributed by atoms with E-state index >= 15 is 0 Å². The first kappa shape index (κ1) is 33.8. The van der Waals surface area contributed by atoms with Crippen LogP contribution < -0.4 is 15.4 Å². The second-order valence-corrected chi connectivity index (χ2v) is 13.0. The van der Waals surface area contributed by atoms with E-state index in [1.54, 1.807) is 6.92 Å². The average molecular weight is 646 g/mol. The molecule has 236 valence electrons. The molecule has 0 aromatic carbocycles. The van der Waals surface area contributed by atoms with Gasteiger partial charge in [-0.05, 0) is 39.0 Å². The van der Waals surface area contributed by atoms with Crippen LogP contribution in [0.5, 0.6) is 5.75 Å². The number of aliphatic hydroxyl groups is 1. The number of alkyl halides is 5. The standard InChI is InChI=1S/C25H33ClF5N5O5S/c1-4-14(11-25(29,30)31)34-18-10-17(41-23(27)28)16(12-32-18)21-19(26)20(35-36(21)5-2)22(37)33-13-24(38)8-6-15(7-9-24)42(3,39)40/h10,12,14-15,23,38H,4-9,11,13H2,1-3H3,(H,32,34)(H,33,37)/t14-,15-,24+/m0/s1. The van der Waals surface area contributed by atoms with Gasteiger partial charge in [-0.25, -0.2) is 13.4 Å². The molecule has 2 aromatic heterocycles. The second-order valence-electron chi connectivity index (χ2n) is 10.3. The molecule has 42 heavy (non-hydrogen) atoms. The summed E-state index contributed by atoms with van der Waals surface area (Å²) in [5.41, 5.74) is -1.69. The first-order valence-corrected chi connectivity index (χ1v) is 15.5. The fourth-order valence-electron chi connectivity index (χ4n) is 4.81. The molecule has 2 heterocycles. The SMILES string of the molecule is CC[C@@H](CC(F)(F)F)Nc1cc(OC(F)F)c(-c2c(Cl)c(C(=O)NC[C@]3(O)CC[C@@H](S(C)(=O)=O)CC3)nn2CC)cn1. The number of hydrogen-bond acceptors (Lipinski definition) is 8. The van der Waals surface area contributed by atoms with Crippen molar-refractivity contribution in [2.24, 2.45) is 0 Å². The maximum absolute atomic E-state index is 13.3. The van der Waals surface area contributed by atoms with Crippen molar-refractivity contribution in [1.82, 2.24) is 20.1 Å². The molecule has 10 nitrogen and oxygen atoms in total. The fraction of sp³-hybridized carbons (Fsp3) is 0.640. The summed E-state index contributed by atoms with van der Waals surface area (Å²) in [5, 5.41) is 19.4. The molecule has 0 radical (unpaired) electrons. The second kappa shape index (κ2) is 13.3. The number of amides is 1. The molecule has 1 aliphatic carbocycles. The average Bonchev–Trinajstić information content (AvgIpc) is 3.21. The third-order valence-corrected chi connectivity index (χ3v) is 9.16. The van der Waals surface area contributed by atoms with E-state index in [1.807, 2.05) is 0 Å². The van der Waals surface area contributed by atoms with Gasteiger partial charge in [-0.15, -0.1) is 0 Å². The highest BCUT2D eigenvalue weighted by molar-refractivity contribution is 7.91. The van der Waals surface area contributed by atoms with Crippen LogP contribution in [-0.2, 0) is 16.4 Å². The molecule has 1 aliphatic rings. The summed E-state index contributed by atoms with van der Waals surface area (Å²) in [6, 6.07) is -0.0505. The number of nitrogens with zero attached hydrogens (tertiary/aromatic N) is 3. The smallest absolute Gasteiger partial charge is 0.391 e. The third kappa shape index (κ3) is 8.66. The normalized spacial score (nSPS) is 20.4. The quantitative estimate of drug-likeness (QED) is 0.280. The summed E-state index contributed by atoms with van der Waals surface area (Å²) in [4.78, 5) is 17.1. The fourth-order valence-corrected chi connectivity index (χ4v) is 6.22. The number of pyridine rings is 1. The first-order chi connectivity index (χ1) is 19.5. The van der Waals surface area contributed by atoms with Crippen LogP contribution in [-0.4, -0.2) is 76.7 Å². The van der Waals surface area contributed by atoms with E-state index in [2.05, 4.69) is 25.5 Å². The lowest BCUT2D eigenvalue weighted by atomic mass is 9.84. The van der Waals surface area contributed by atoms with Crippen molar-refractivity contribution in [3.05, 3.63) is 23.0 Å². The Balaban J connectivity index is 1.86. The number of aromatic nitrogens is 3. The van der Waals surface area contributed by atoms with Gasteiger partial charge in [-0.1, -0.05) is 18.5 Å². The van der Waals surface area contributed by atoms with Gasteiger partial charge in [0, 0.05) is 37.7 Å². The van der Waals surface area contributed by atoms with Gasteiger partial charge >= 0.3 is 12.8 Å². The van der Waals surface area contributed by atoms with Crippen LogP contribution >= 0.6 is 11.6 Å². The van der Waals surface area contributed by atoms with Gasteiger partial charge in [0.25, 0.3) is 5.91 Å². The molecular weight excluding hydrogens is 613 g/mol. The maximum atomic E-state index is 13.3. The van der Waals surface area contributed by atoms with Gasteiger partial charge in [0.2, 0.25) is 0 Å². The Labute approximate surface area is 244 Å². The highest BCUT2D eigenvalue weighted by Gasteiger charge is 2.37. The van der Waals surface area contributed by atoms with Crippen LogP contribution in [0, 0.1) is 0 Å². The Hall–Kier alpha value is -2.72. The number of rotatable bonds is 12. The molecule has 0 aliphatic heterocycles. The van der Waals surface area contributed by atoms with Crippen LogP contribution in [0.15, 0.2) is 12.3 Å². The van der Waals surface area contributed by atoms with Gasteiger partial charge in [0.15, 0.2) is 5.69 Å². The molecule has 1 atom stereocenters. The number of hydrogen-bond donors (Lipinski definition) is 3. The molecule has 17 heteroatoms. The zero-order chi connectivity index (χ0) is 31.5. The van der Waals surface area contributed by atoms with E-state index < -0.39 is 57.6 Å². The highest BCUT2D eigenvalue weighted by atomic mass is 35.5. The third-order valence-electron chi connectivity index (χ3n) is 7.12. The Morgan fingerprint density at radius 3 is 2.45 bits per heavy atom. The summed E-state index contributed by atoms with van der Waals surface area (Å²) in [7, 11) is -3.26. The predicted octanol–water partition coefficient (Wildman–Crippen LogP) is 4.81. The summed E-state index contributed by atoms with van der Waals surface area (Å²) in [5.74, 6) is -1.36. The number of ether oxygens (including phenoxy) is 1. The highest BCUT2D eigenvalue weighted by Crippen LogP contribution is 2.39. The van der Waals surface area contributed by atoms with Crippen LogP contribution in [0.25, 0.3) is 11.3 Å². The molecule has 3 rings (SSSR count). The van der Waals surface area contributed by atoms with Crippen molar-refractivity contribution in [2.45, 2.75) is 88.6 Å². The van der Waals surface area contributed by atoms with Crippen molar-refractivity contribution in [1.29, 1.82) is 0 Å². The van der Waals surface area contributed by atoms with Crippen LogP contribution in [0.3, 0.4) is 0 Å². The summed E-state index contributed by atoms with van der Waals surface area (Å²) in [6.45, 7) is -0.187. The molecule has 0 saturated heterocycles. The number of carbonyl (C=O) groups is 1. The topological polar surface area (TPSA) is 135 Å². The van der Waals surface area contributed by atoms with E-state index in [1.165, 1.54) is 11.6 Å². The molecule has 0 spiro atoms. The van der Waals surface area contributed by atoms with Crippen LogP contribution in [0.2, 0.25) is 5.02 Å². The number of sulfone groups is 1. The van der Waals surface area contributed by atoms with Crippen molar-refractivity contribution in [2.75, 3.05) is 18.1 Å². The number of halogens is 6. The molecular formula is C25H33ClF5N5O5S. The molecule has 0 bridgehead atoms. The molecule has 1 fully saturated rings. The van der Waals surface area contributed by atoms with Crippen molar-refractivity contribution in [3.63, 3.8) is 0 Å². The molecule has 0 unspecified atom stereocenters. The minimum atomic E-state index is -4.46. The lowest BCUT2D eigenvalue weighted by Crippen LogP contribution is -2.47. The minimum absolute atomic E-state index is 0.00808. The molecule has 1 amide bonds. The monoisotopic (exact) mass is 645 g/mol. The zero-order valence-electron chi connectivity index (χ0n) is 23.1. The summed E-state index contributed by atoms with van der Waals surface area (Å²) in [6.07, 6.45) is -2.56. The van der Waals surface area contributed by atoms with Crippen molar-refractivity contribution in [3.8, 4) is 17.0 Å². The Bertz CT molecular complexity index is 1360. The predicted molar refractivity (Wildman–Crippen MR) is 146 cm³/mol. The zero-order valence-corrected chi connectivity index (χ0v) is 24.7. The molecule has 1 saturated carbocycles. The Morgan fingerprint density at radius 2 is 1.93 bits per heavy atom. The largest absolute Gasteiger partial charge is 0.434 e. The van der Waals surface area contributed by atoms with Gasteiger partial charge in [-0.3, -0.25) is 9.48 Å². The molecule has 2 aromatic rings. The number of nitrogens with one attached hydrogen (secondary N) is 2. The minimum Gasteiger partial charge on any atom is -0.434 e. The van der Waals surface area contributed by atoms with E-state index in [0.29, 0.717) is 0 Å². The van der Waals surface area contributed by atoms with E-state index in [0.717, 1.165) is 18.5 Å². The van der Waals surface area contributed by atoms with Crippen molar-refractivity contribution < 1.29 is 45.0 Å². The van der Waals surface area contributed by atoms with E-state index in [-0.39, 0.29) is 73.0 Å². The van der Waals surface area contributed by atoms with Gasteiger partial charge in [0.1, 0.15) is 21.4 Å². The number of aryl methyl sites for hydroxylation is 1. The lowest BCUT2D eigenvalue weighted by Gasteiger charge is -2.35. The van der Waals surface area contributed by atoms with Gasteiger partial charge in [0.05, 0.1) is 33.6 Å². The maximum Gasteiger partial charge on any atom is 0.391 e. The van der Waals surface area contributed by atoms with E-state index in [9.17, 15) is 40.3 Å².